The highest BCUT2D eigenvalue weighted by Crippen LogP contribution is 2.35. The molecule has 0 saturated carbocycles. The smallest absolute Gasteiger partial charge is 0.261 e. The number of amides is 2. The third-order valence-electron chi connectivity index (χ3n) is 6.26. The van der Waals surface area contributed by atoms with Crippen LogP contribution in [0.2, 0.25) is 0 Å². The third-order valence-corrected chi connectivity index (χ3v) is 6.26. The molecule has 0 atom stereocenters. The Morgan fingerprint density at radius 2 is 1.90 bits per heavy atom. The van der Waals surface area contributed by atoms with Crippen LogP contribution in [0.3, 0.4) is 0 Å². The number of imide groups is 1. The fourth-order valence-electron chi connectivity index (χ4n) is 4.55. The lowest BCUT2D eigenvalue weighted by Gasteiger charge is -2.13. The zero-order chi connectivity index (χ0) is 27.2. The van der Waals surface area contributed by atoms with Crippen LogP contribution in [0.4, 0.5) is 5.69 Å². The standard InChI is InChI=1S/C28H25N9O2/c29-26(20-9-1-3-10-22(20)33-14-6-13-32-17-34-36-30)25-24(27(38)35-28(25)39)21-16-37(18-7-5-12-31-15-18)23-11-4-2-8-19(21)23/h1-5,7-12,15-17,29,33H,6,13-14H2,(H2,30,32,34)(H,35,38,39). The summed E-state index contributed by atoms with van der Waals surface area (Å²) in [4.78, 5) is 34.5. The molecule has 0 unspecified atom stereocenters. The Labute approximate surface area is 223 Å². The van der Waals surface area contributed by atoms with Gasteiger partial charge in [-0.25, -0.2) is 0 Å². The Morgan fingerprint density at radius 3 is 2.72 bits per heavy atom. The lowest BCUT2D eigenvalue weighted by atomic mass is 9.93. The second-order valence-corrected chi connectivity index (χ2v) is 8.63. The number of carbonyl (C=O) groups excluding carboxylic acids is 2. The van der Waals surface area contributed by atoms with E-state index in [1.54, 1.807) is 24.5 Å². The number of benzene rings is 2. The summed E-state index contributed by atoms with van der Waals surface area (Å²) in [7, 11) is 0. The van der Waals surface area contributed by atoms with Gasteiger partial charge in [0.05, 0.1) is 34.3 Å². The first kappa shape index (κ1) is 25.2. The molecule has 11 heteroatoms. The quantitative estimate of drug-likeness (QED) is 0.0477. The number of aromatic nitrogens is 2. The van der Waals surface area contributed by atoms with Crippen molar-refractivity contribution in [3.8, 4) is 5.69 Å². The number of nitrogens with two attached hydrogens (primary N) is 1. The number of nitrogens with one attached hydrogen (secondary N) is 3. The van der Waals surface area contributed by atoms with Crippen LogP contribution in [0, 0.1) is 5.41 Å². The first-order chi connectivity index (χ1) is 19.1. The summed E-state index contributed by atoms with van der Waals surface area (Å²) >= 11 is 0. The van der Waals surface area contributed by atoms with E-state index in [9.17, 15) is 9.59 Å². The van der Waals surface area contributed by atoms with E-state index in [0.717, 1.165) is 16.6 Å². The maximum atomic E-state index is 13.2. The molecule has 0 radical (unpaired) electrons. The highest BCUT2D eigenvalue weighted by Gasteiger charge is 2.36. The van der Waals surface area contributed by atoms with Crippen LogP contribution in [-0.2, 0) is 9.59 Å². The van der Waals surface area contributed by atoms with Crippen molar-refractivity contribution in [2.75, 3.05) is 18.4 Å². The number of fused-ring (bicyclic) bond motifs is 1. The summed E-state index contributed by atoms with van der Waals surface area (Å²) in [5.41, 5.74) is 3.56. The van der Waals surface area contributed by atoms with Crippen LogP contribution in [0.15, 0.2) is 100 Å². The number of carbonyl (C=O) groups is 2. The van der Waals surface area contributed by atoms with Gasteiger partial charge in [-0.05, 0) is 30.7 Å². The van der Waals surface area contributed by atoms with Crippen LogP contribution >= 0.6 is 0 Å². The number of nitrogens with zero attached hydrogens (tertiary/aromatic N) is 5. The molecule has 1 aliphatic rings. The molecule has 39 heavy (non-hydrogen) atoms. The summed E-state index contributed by atoms with van der Waals surface area (Å²) in [5, 5.41) is 22.1. The predicted molar refractivity (Wildman–Crippen MR) is 150 cm³/mol. The van der Waals surface area contributed by atoms with E-state index >= 15 is 0 Å². The summed E-state index contributed by atoms with van der Waals surface area (Å²) in [6, 6.07) is 18.6. The molecule has 5 N–H and O–H groups in total. The normalized spacial score (nSPS) is 13.6. The fourth-order valence-corrected chi connectivity index (χ4v) is 4.55. The van der Waals surface area contributed by atoms with Gasteiger partial charge in [0.1, 0.15) is 6.34 Å². The van der Waals surface area contributed by atoms with E-state index in [1.165, 1.54) is 6.34 Å². The van der Waals surface area contributed by atoms with E-state index in [2.05, 4.69) is 30.9 Å². The molecule has 2 aromatic heterocycles. The average Bonchev–Trinajstić information content (AvgIpc) is 3.49. The van der Waals surface area contributed by atoms with Crippen molar-refractivity contribution in [3.05, 3.63) is 96.0 Å². The molecule has 11 nitrogen and oxygen atoms in total. The van der Waals surface area contributed by atoms with Crippen LogP contribution in [0.5, 0.6) is 0 Å². The molecule has 0 saturated heterocycles. The predicted octanol–water partition coefficient (Wildman–Crippen LogP) is 3.66. The van der Waals surface area contributed by atoms with Gasteiger partial charge < -0.3 is 15.7 Å². The van der Waals surface area contributed by atoms with Crippen molar-refractivity contribution in [1.29, 1.82) is 5.41 Å². The maximum absolute atomic E-state index is 13.2. The molecule has 4 aromatic rings. The second kappa shape index (κ2) is 11.3. The van der Waals surface area contributed by atoms with Gasteiger partial charge in [-0.1, -0.05) is 41.6 Å². The van der Waals surface area contributed by atoms with Crippen LogP contribution in [0.1, 0.15) is 17.5 Å². The molecule has 1 aliphatic heterocycles. The van der Waals surface area contributed by atoms with Gasteiger partial charge in [-0.2, -0.15) is 0 Å². The van der Waals surface area contributed by atoms with Crippen molar-refractivity contribution in [2.45, 2.75) is 6.42 Å². The Kier molecular flexibility index (Phi) is 7.30. The van der Waals surface area contributed by atoms with Crippen LogP contribution < -0.4 is 16.5 Å². The number of anilines is 1. The number of hydrogen-bond donors (Lipinski definition) is 4. The van der Waals surface area contributed by atoms with Gasteiger partial charge in [0.25, 0.3) is 11.8 Å². The van der Waals surface area contributed by atoms with Crippen molar-refractivity contribution in [3.63, 3.8) is 0 Å². The molecule has 3 heterocycles. The SMILES string of the molecule is N=C(C1=C(c2cn(-c3cccnc3)c3ccccc23)C(=O)NC1=O)c1ccccc1NCCCN=CN=NN. The van der Waals surface area contributed by atoms with E-state index in [-0.39, 0.29) is 16.9 Å². The van der Waals surface area contributed by atoms with Gasteiger partial charge in [0.2, 0.25) is 0 Å². The third kappa shape index (κ3) is 5.05. The minimum atomic E-state index is -0.601. The average molecular weight is 520 g/mol. The Balaban J connectivity index is 1.53. The highest BCUT2D eigenvalue weighted by atomic mass is 16.2. The Hall–Kier alpha value is -5.45. The van der Waals surface area contributed by atoms with Crippen LogP contribution in [0.25, 0.3) is 22.2 Å². The molecule has 0 aliphatic carbocycles. The Bertz CT molecular complexity index is 1650. The maximum Gasteiger partial charge on any atom is 0.261 e. The monoisotopic (exact) mass is 519 g/mol. The minimum absolute atomic E-state index is 0.0279. The molecular weight excluding hydrogens is 494 g/mol. The lowest BCUT2D eigenvalue weighted by Crippen LogP contribution is -2.25. The molecule has 0 fully saturated rings. The first-order valence-electron chi connectivity index (χ1n) is 12.2. The number of aliphatic imine (C=N–C) groups is 1. The van der Waals surface area contributed by atoms with E-state index in [4.69, 9.17) is 11.3 Å². The van der Waals surface area contributed by atoms with Gasteiger partial charge in [-0.3, -0.25) is 30.3 Å². The fraction of sp³-hybridized carbons (Fsp3) is 0.107. The van der Waals surface area contributed by atoms with Crippen molar-refractivity contribution >= 4 is 46.0 Å². The molecular formula is C28H25N9O2. The van der Waals surface area contributed by atoms with Crippen LogP contribution in [-0.4, -0.2) is 46.5 Å². The van der Waals surface area contributed by atoms with E-state index < -0.39 is 11.8 Å². The molecule has 0 spiro atoms. The zero-order valence-corrected chi connectivity index (χ0v) is 20.8. The number of rotatable bonds is 10. The zero-order valence-electron chi connectivity index (χ0n) is 20.8. The van der Waals surface area contributed by atoms with Gasteiger partial charge in [0, 0.05) is 47.7 Å². The van der Waals surface area contributed by atoms with E-state index in [1.807, 2.05) is 59.3 Å². The van der Waals surface area contributed by atoms with Crippen molar-refractivity contribution < 1.29 is 9.59 Å². The summed E-state index contributed by atoms with van der Waals surface area (Å²) in [6.45, 7) is 1.08. The Morgan fingerprint density at radius 1 is 1.08 bits per heavy atom. The van der Waals surface area contributed by atoms with Gasteiger partial charge >= 0.3 is 0 Å². The molecule has 0 bridgehead atoms. The molecule has 2 amide bonds. The topological polar surface area (TPSA) is 163 Å². The largest absolute Gasteiger partial charge is 0.384 e. The minimum Gasteiger partial charge on any atom is -0.384 e. The lowest BCUT2D eigenvalue weighted by molar-refractivity contribution is -0.123. The van der Waals surface area contributed by atoms with E-state index in [0.29, 0.717) is 36.3 Å². The summed E-state index contributed by atoms with van der Waals surface area (Å²) in [6.07, 6.45) is 7.21. The number of pyridine rings is 1. The second-order valence-electron chi connectivity index (χ2n) is 8.63. The molecule has 194 valence electrons. The number of para-hydroxylation sites is 2. The van der Waals surface area contributed by atoms with Gasteiger partial charge in [-0.15, -0.1) is 5.11 Å². The molecule has 5 rings (SSSR count). The van der Waals surface area contributed by atoms with Gasteiger partial charge in [0.15, 0.2) is 0 Å². The molecule has 2 aromatic carbocycles. The number of hydrogen-bond acceptors (Lipinski definition) is 7. The first-order valence-corrected chi connectivity index (χ1v) is 12.2. The summed E-state index contributed by atoms with van der Waals surface area (Å²) in [5.74, 6) is 3.80. The summed E-state index contributed by atoms with van der Waals surface area (Å²) < 4.78 is 1.93. The van der Waals surface area contributed by atoms with Crippen molar-refractivity contribution in [2.24, 2.45) is 21.2 Å². The van der Waals surface area contributed by atoms with Crippen molar-refractivity contribution in [1.82, 2.24) is 14.9 Å². The highest BCUT2D eigenvalue weighted by molar-refractivity contribution is 6.48.